The molecule has 4 heterocycles. The van der Waals surface area contributed by atoms with Gasteiger partial charge < -0.3 is 14.9 Å². The molecule has 30 heavy (non-hydrogen) atoms. The Hall–Kier alpha value is -3.13. The second-order valence-corrected chi connectivity index (χ2v) is 8.41. The molecule has 2 N–H and O–H groups in total. The van der Waals surface area contributed by atoms with E-state index in [1.807, 2.05) is 0 Å². The van der Waals surface area contributed by atoms with E-state index in [4.69, 9.17) is 4.52 Å². The third kappa shape index (κ3) is 3.08. The van der Waals surface area contributed by atoms with Gasteiger partial charge in [-0.3, -0.25) is 14.5 Å². The van der Waals surface area contributed by atoms with Crippen molar-refractivity contribution < 1.29 is 24.0 Å². The van der Waals surface area contributed by atoms with Crippen molar-refractivity contribution in [2.24, 2.45) is 7.05 Å². The highest BCUT2D eigenvalue weighted by molar-refractivity contribution is 8.00. The van der Waals surface area contributed by atoms with Crippen molar-refractivity contribution >= 4 is 46.9 Å². The lowest BCUT2D eigenvalue weighted by Gasteiger charge is -2.55. The van der Waals surface area contributed by atoms with E-state index in [0.29, 0.717) is 10.6 Å². The maximum Gasteiger partial charge on any atom is 0.353 e. The molecule has 14 heteroatoms. The number of rotatable bonds is 7. The highest BCUT2D eigenvalue weighted by Crippen LogP contribution is 2.48. The van der Waals surface area contributed by atoms with Crippen LogP contribution in [0.15, 0.2) is 40.2 Å². The molecule has 2 aliphatic heterocycles. The first kappa shape index (κ1) is 20.2. The van der Waals surface area contributed by atoms with Crippen LogP contribution in [0.25, 0.3) is 5.57 Å². The van der Waals surface area contributed by atoms with Crippen LogP contribution in [-0.4, -0.2) is 75.6 Å². The Bertz CT molecular complexity index is 1070. The monoisotopic (exact) mass is 449 g/mol. The zero-order valence-corrected chi connectivity index (χ0v) is 17.1. The zero-order chi connectivity index (χ0) is 21.5. The lowest BCUT2D eigenvalue weighted by atomic mass is 9.86. The van der Waals surface area contributed by atoms with Crippen LogP contribution in [-0.2, 0) is 21.4 Å². The number of carboxylic acids is 1. The first-order valence-electron chi connectivity index (χ1n) is 8.51. The SMILES string of the molecule is C=CC1(NC(=O)CSc2ccon2)C(=O)N2C(C(=O)O)=C(c3nnnn3C)CS[C@H]21. The molecule has 156 valence electrons. The van der Waals surface area contributed by atoms with Crippen LogP contribution in [0.4, 0.5) is 0 Å². The topological polar surface area (TPSA) is 156 Å². The number of carbonyl (C=O) groups is 3. The van der Waals surface area contributed by atoms with Gasteiger partial charge in [-0.1, -0.05) is 23.0 Å². The largest absolute Gasteiger partial charge is 0.477 e. The van der Waals surface area contributed by atoms with Crippen molar-refractivity contribution in [3.63, 3.8) is 0 Å². The van der Waals surface area contributed by atoms with Crippen LogP contribution in [0, 0.1) is 0 Å². The number of amides is 2. The number of aromatic nitrogens is 5. The molecule has 2 amide bonds. The minimum Gasteiger partial charge on any atom is -0.477 e. The van der Waals surface area contributed by atoms with Crippen LogP contribution in [0.2, 0.25) is 0 Å². The molecule has 12 nitrogen and oxygen atoms in total. The Kier molecular flexibility index (Phi) is 5.11. The van der Waals surface area contributed by atoms with Gasteiger partial charge in [-0.25, -0.2) is 9.48 Å². The molecule has 0 aliphatic carbocycles. The standard InChI is InChI=1S/C16H15N7O5S2/c1-3-16(17-9(24)7-29-10-4-5-28-19-10)14(27)23-11(13(25)26)8(6-30-15(16)23)12-18-20-21-22(12)2/h3-5,15H,1,6-7H2,2H3,(H,17,24)(H,25,26)/t15-,16?/m0/s1. The Morgan fingerprint density at radius 3 is 2.97 bits per heavy atom. The van der Waals surface area contributed by atoms with E-state index in [-0.39, 0.29) is 23.0 Å². The van der Waals surface area contributed by atoms with Gasteiger partial charge in [-0.2, -0.15) is 0 Å². The normalized spacial score (nSPS) is 23.0. The molecule has 0 spiro atoms. The molecule has 0 aromatic carbocycles. The number of nitrogens with zero attached hydrogens (tertiary/aromatic N) is 6. The first-order chi connectivity index (χ1) is 14.4. The van der Waals surface area contributed by atoms with Crippen molar-refractivity contribution in [3.8, 4) is 0 Å². The average Bonchev–Trinajstić information content (AvgIpc) is 3.40. The van der Waals surface area contributed by atoms with E-state index in [1.165, 1.54) is 28.8 Å². The van der Waals surface area contributed by atoms with Crippen molar-refractivity contribution in [1.29, 1.82) is 0 Å². The summed E-state index contributed by atoms with van der Waals surface area (Å²) in [6.07, 6.45) is 2.73. The highest BCUT2D eigenvalue weighted by atomic mass is 32.2. The summed E-state index contributed by atoms with van der Waals surface area (Å²) in [6, 6.07) is 1.61. The molecule has 2 aliphatic rings. The molecule has 0 bridgehead atoms. The fourth-order valence-corrected chi connectivity index (χ4v) is 5.33. The second kappa shape index (κ2) is 7.60. The summed E-state index contributed by atoms with van der Waals surface area (Å²) in [5.41, 5.74) is -1.28. The van der Waals surface area contributed by atoms with Gasteiger partial charge in [0.25, 0.3) is 5.91 Å². The smallest absolute Gasteiger partial charge is 0.353 e. The molecular weight excluding hydrogens is 434 g/mol. The van der Waals surface area contributed by atoms with E-state index >= 15 is 0 Å². The fourth-order valence-electron chi connectivity index (χ4n) is 3.27. The summed E-state index contributed by atoms with van der Waals surface area (Å²) >= 11 is 2.44. The molecule has 4 rings (SSSR count). The molecule has 1 fully saturated rings. The Balaban J connectivity index is 1.58. The minimum atomic E-state index is -1.41. The van der Waals surface area contributed by atoms with E-state index in [2.05, 4.69) is 32.6 Å². The van der Waals surface area contributed by atoms with Crippen molar-refractivity contribution in [1.82, 2.24) is 35.6 Å². The fraction of sp³-hybridized carbons (Fsp3) is 0.312. The number of hydrogen-bond donors (Lipinski definition) is 2. The molecular formula is C16H15N7O5S2. The van der Waals surface area contributed by atoms with Crippen LogP contribution in [0.5, 0.6) is 0 Å². The quantitative estimate of drug-likeness (QED) is 0.326. The summed E-state index contributed by atoms with van der Waals surface area (Å²) in [5, 5.41) is 27.2. The van der Waals surface area contributed by atoms with Gasteiger partial charge in [-0.05, 0) is 10.4 Å². The van der Waals surface area contributed by atoms with E-state index in [1.54, 1.807) is 13.1 Å². The zero-order valence-electron chi connectivity index (χ0n) is 15.5. The predicted octanol–water partition coefficient (Wildman–Crippen LogP) is -0.258. The third-order valence-electron chi connectivity index (χ3n) is 4.64. The van der Waals surface area contributed by atoms with Gasteiger partial charge in [0.05, 0.1) is 5.75 Å². The lowest BCUT2D eigenvalue weighted by Crippen LogP contribution is -2.79. The number of aryl methyl sites for hydroxylation is 1. The minimum absolute atomic E-state index is 0.00424. The lowest BCUT2D eigenvalue weighted by molar-refractivity contribution is -0.155. The van der Waals surface area contributed by atoms with Crippen LogP contribution in [0.1, 0.15) is 5.82 Å². The molecule has 2 atom stereocenters. The second-order valence-electron chi connectivity index (χ2n) is 6.34. The highest BCUT2D eigenvalue weighted by Gasteiger charge is 2.64. The van der Waals surface area contributed by atoms with Crippen LogP contribution >= 0.6 is 23.5 Å². The van der Waals surface area contributed by atoms with E-state index < -0.39 is 28.7 Å². The van der Waals surface area contributed by atoms with Crippen molar-refractivity contribution in [3.05, 3.63) is 36.5 Å². The van der Waals surface area contributed by atoms with Crippen LogP contribution in [0.3, 0.4) is 0 Å². The van der Waals surface area contributed by atoms with Gasteiger partial charge in [0.1, 0.15) is 22.4 Å². The summed E-state index contributed by atoms with van der Waals surface area (Å²) < 4.78 is 6.05. The first-order valence-corrected chi connectivity index (χ1v) is 10.5. The molecule has 2 aromatic rings. The number of tetrazole rings is 1. The Morgan fingerprint density at radius 2 is 2.37 bits per heavy atom. The number of carbonyl (C=O) groups excluding carboxylic acids is 2. The van der Waals surface area contributed by atoms with Gasteiger partial charge in [-0.15, -0.1) is 23.4 Å². The molecule has 1 saturated heterocycles. The predicted molar refractivity (Wildman–Crippen MR) is 105 cm³/mol. The summed E-state index contributed by atoms with van der Waals surface area (Å²) in [5.74, 6) is -1.78. The van der Waals surface area contributed by atoms with Gasteiger partial charge in [0.2, 0.25) is 5.91 Å². The number of β-lactam (4-membered cyclic amide) rings is 1. The number of fused-ring (bicyclic) bond motifs is 1. The van der Waals surface area contributed by atoms with Crippen molar-refractivity contribution in [2.45, 2.75) is 15.9 Å². The van der Waals surface area contributed by atoms with E-state index in [0.717, 1.165) is 16.7 Å². The number of hydrogen-bond acceptors (Lipinski definition) is 10. The number of carboxylic acid groups (broad SMARTS) is 1. The van der Waals surface area contributed by atoms with Gasteiger partial charge in [0, 0.05) is 24.4 Å². The third-order valence-corrected chi connectivity index (χ3v) is 6.90. The molecule has 1 unspecified atom stereocenters. The van der Waals surface area contributed by atoms with Gasteiger partial charge >= 0.3 is 5.97 Å². The maximum absolute atomic E-state index is 13.1. The van der Waals surface area contributed by atoms with Gasteiger partial charge in [0.15, 0.2) is 11.4 Å². The Labute approximate surface area is 177 Å². The molecule has 2 aromatic heterocycles. The van der Waals surface area contributed by atoms with Crippen LogP contribution < -0.4 is 5.32 Å². The molecule has 0 saturated carbocycles. The number of aliphatic carboxylic acids is 1. The summed E-state index contributed by atoms with van der Waals surface area (Å²) in [6.45, 7) is 3.70. The average molecular weight is 449 g/mol. The molecule has 0 radical (unpaired) electrons. The Morgan fingerprint density at radius 1 is 1.57 bits per heavy atom. The maximum atomic E-state index is 13.1. The van der Waals surface area contributed by atoms with E-state index in [9.17, 15) is 19.5 Å². The number of nitrogens with one attached hydrogen (secondary N) is 1. The van der Waals surface area contributed by atoms with Crippen molar-refractivity contribution in [2.75, 3.05) is 11.5 Å². The summed E-state index contributed by atoms with van der Waals surface area (Å²) in [7, 11) is 1.58. The summed E-state index contributed by atoms with van der Waals surface area (Å²) in [4.78, 5) is 38.7. The number of thioether (sulfide) groups is 2.